The number of nitrogens with zero attached hydrogens (tertiary/aromatic N) is 2. The summed E-state index contributed by atoms with van der Waals surface area (Å²) in [7, 11) is 1.71. The van der Waals surface area contributed by atoms with Gasteiger partial charge in [0.1, 0.15) is 5.75 Å². The number of nitrogens with one attached hydrogen (secondary N) is 1. The van der Waals surface area contributed by atoms with Gasteiger partial charge in [-0.1, -0.05) is 30.3 Å². The lowest BCUT2D eigenvalue weighted by molar-refractivity contribution is 0.0501. The number of para-hydroxylation sites is 1. The van der Waals surface area contributed by atoms with E-state index in [-0.39, 0.29) is 6.61 Å². The predicted molar refractivity (Wildman–Crippen MR) is 112 cm³/mol. The van der Waals surface area contributed by atoms with Crippen LogP contribution in [0.25, 0.3) is 10.9 Å². The van der Waals surface area contributed by atoms with Gasteiger partial charge in [-0.3, -0.25) is 9.80 Å². The van der Waals surface area contributed by atoms with Crippen molar-refractivity contribution in [2.45, 2.75) is 25.6 Å². The maximum atomic E-state index is 9.60. The molecule has 1 aromatic heterocycles. The first kappa shape index (κ1) is 19.0. The molecule has 1 atom stereocenters. The lowest BCUT2D eigenvalue weighted by Crippen LogP contribution is -2.52. The molecule has 2 heterocycles. The number of rotatable bonds is 7. The van der Waals surface area contributed by atoms with Crippen molar-refractivity contribution in [1.82, 2.24) is 14.8 Å². The third-order valence-corrected chi connectivity index (χ3v) is 5.74. The lowest BCUT2D eigenvalue weighted by Gasteiger charge is -2.41. The van der Waals surface area contributed by atoms with Crippen LogP contribution in [-0.4, -0.2) is 59.3 Å². The first-order chi connectivity index (χ1) is 13.8. The van der Waals surface area contributed by atoms with Crippen LogP contribution in [0.5, 0.6) is 5.75 Å². The molecule has 1 fully saturated rings. The standard InChI is InChI=1S/C23H29N3O2/c1-28-21-6-4-5-18(13-21)15-26-11-10-25(17-20(26)9-12-27)16-19-14-24-23-8-3-2-7-22(19)23/h2-8,13-14,20,24,27H,9-12,15-17H2,1H3. The average Bonchev–Trinajstić information content (AvgIpc) is 3.13. The van der Waals surface area contributed by atoms with Crippen LogP contribution >= 0.6 is 0 Å². The summed E-state index contributed by atoms with van der Waals surface area (Å²) in [5, 5.41) is 10.9. The van der Waals surface area contributed by atoms with Crippen molar-refractivity contribution in [1.29, 1.82) is 0 Å². The summed E-state index contributed by atoms with van der Waals surface area (Å²) in [4.78, 5) is 8.39. The quantitative estimate of drug-likeness (QED) is 0.662. The molecule has 1 saturated heterocycles. The van der Waals surface area contributed by atoms with Gasteiger partial charge in [-0.15, -0.1) is 0 Å². The van der Waals surface area contributed by atoms with Gasteiger partial charge >= 0.3 is 0 Å². The molecule has 28 heavy (non-hydrogen) atoms. The van der Waals surface area contributed by atoms with Crippen LogP contribution in [-0.2, 0) is 13.1 Å². The average molecular weight is 380 g/mol. The van der Waals surface area contributed by atoms with E-state index in [0.717, 1.165) is 44.9 Å². The number of fused-ring (bicyclic) bond motifs is 1. The number of methoxy groups -OCH3 is 1. The summed E-state index contributed by atoms with van der Waals surface area (Å²) in [6.45, 7) is 5.07. The topological polar surface area (TPSA) is 51.7 Å². The number of ether oxygens (including phenoxy) is 1. The van der Waals surface area contributed by atoms with Crippen molar-refractivity contribution < 1.29 is 9.84 Å². The highest BCUT2D eigenvalue weighted by molar-refractivity contribution is 5.82. The molecular formula is C23H29N3O2. The van der Waals surface area contributed by atoms with Gasteiger partial charge < -0.3 is 14.8 Å². The van der Waals surface area contributed by atoms with Crippen LogP contribution in [0.15, 0.2) is 54.7 Å². The monoisotopic (exact) mass is 379 g/mol. The summed E-state index contributed by atoms with van der Waals surface area (Å²) in [5.74, 6) is 0.897. The maximum absolute atomic E-state index is 9.60. The molecule has 148 valence electrons. The Bertz CT molecular complexity index is 908. The van der Waals surface area contributed by atoms with Crippen molar-refractivity contribution in [2.75, 3.05) is 33.4 Å². The van der Waals surface area contributed by atoms with E-state index in [1.165, 1.54) is 22.0 Å². The first-order valence-corrected chi connectivity index (χ1v) is 10.0. The van der Waals surface area contributed by atoms with Gasteiger partial charge in [0.25, 0.3) is 0 Å². The minimum atomic E-state index is 0.222. The highest BCUT2D eigenvalue weighted by atomic mass is 16.5. The number of piperazine rings is 1. The van der Waals surface area contributed by atoms with Crippen molar-refractivity contribution in [3.8, 4) is 5.75 Å². The SMILES string of the molecule is COc1cccc(CN2CCN(Cc3c[nH]c4ccccc34)CC2CCO)c1. The molecule has 3 aromatic rings. The summed E-state index contributed by atoms with van der Waals surface area (Å²) in [6.07, 6.45) is 2.93. The van der Waals surface area contributed by atoms with Gasteiger partial charge in [0, 0.05) is 62.5 Å². The van der Waals surface area contributed by atoms with Crippen LogP contribution in [0, 0.1) is 0 Å². The smallest absolute Gasteiger partial charge is 0.119 e. The summed E-state index contributed by atoms with van der Waals surface area (Å²) in [5.41, 5.74) is 3.80. The van der Waals surface area contributed by atoms with E-state index in [1.807, 2.05) is 12.1 Å². The highest BCUT2D eigenvalue weighted by Gasteiger charge is 2.27. The molecular weight excluding hydrogens is 350 g/mol. The second-order valence-corrected chi connectivity index (χ2v) is 7.58. The number of aromatic amines is 1. The number of hydrogen-bond acceptors (Lipinski definition) is 4. The Balaban J connectivity index is 1.43. The summed E-state index contributed by atoms with van der Waals surface area (Å²) < 4.78 is 5.36. The minimum absolute atomic E-state index is 0.222. The Morgan fingerprint density at radius 1 is 1.11 bits per heavy atom. The van der Waals surface area contributed by atoms with E-state index < -0.39 is 0 Å². The fourth-order valence-corrected chi connectivity index (χ4v) is 4.24. The Morgan fingerprint density at radius 2 is 2.00 bits per heavy atom. The van der Waals surface area contributed by atoms with Crippen molar-refractivity contribution >= 4 is 10.9 Å². The van der Waals surface area contributed by atoms with Gasteiger partial charge in [-0.2, -0.15) is 0 Å². The zero-order valence-electron chi connectivity index (χ0n) is 16.5. The van der Waals surface area contributed by atoms with E-state index >= 15 is 0 Å². The molecule has 0 spiro atoms. The van der Waals surface area contributed by atoms with Crippen LogP contribution in [0.1, 0.15) is 17.5 Å². The second-order valence-electron chi connectivity index (χ2n) is 7.58. The van der Waals surface area contributed by atoms with Gasteiger partial charge in [-0.25, -0.2) is 0 Å². The molecule has 0 bridgehead atoms. The number of aromatic nitrogens is 1. The van der Waals surface area contributed by atoms with E-state index in [2.05, 4.69) is 57.4 Å². The Hall–Kier alpha value is -2.34. The van der Waals surface area contributed by atoms with E-state index in [4.69, 9.17) is 4.74 Å². The highest BCUT2D eigenvalue weighted by Crippen LogP contribution is 2.23. The van der Waals surface area contributed by atoms with E-state index in [1.54, 1.807) is 7.11 Å². The minimum Gasteiger partial charge on any atom is -0.497 e. The molecule has 1 unspecified atom stereocenters. The molecule has 0 radical (unpaired) electrons. The van der Waals surface area contributed by atoms with Crippen molar-refractivity contribution in [3.05, 3.63) is 65.9 Å². The van der Waals surface area contributed by atoms with Crippen LogP contribution in [0.2, 0.25) is 0 Å². The lowest BCUT2D eigenvalue weighted by atomic mass is 10.1. The fourth-order valence-electron chi connectivity index (χ4n) is 4.24. The normalized spacial score (nSPS) is 18.6. The molecule has 5 nitrogen and oxygen atoms in total. The number of hydrogen-bond donors (Lipinski definition) is 2. The summed E-state index contributed by atoms with van der Waals surface area (Å²) >= 11 is 0. The Kier molecular flexibility index (Phi) is 5.95. The molecule has 1 aliphatic rings. The van der Waals surface area contributed by atoms with Gasteiger partial charge in [-0.05, 0) is 35.7 Å². The molecule has 2 aromatic carbocycles. The molecule has 4 rings (SSSR count). The number of H-pyrrole nitrogens is 1. The molecule has 0 saturated carbocycles. The Labute approximate surface area is 166 Å². The van der Waals surface area contributed by atoms with Crippen LogP contribution in [0.3, 0.4) is 0 Å². The van der Waals surface area contributed by atoms with Crippen molar-refractivity contribution in [2.24, 2.45) is 0 Å². The summed E-state index contributed by atoms with van der Waals surface area (Å²) in [6, 6.07) is 17.1. The maximum Gasteiger partial charge on any atom is 0.119 e. The third-order valence-electron chi connectivity index (χ3n) is 5.74. The largest absolute Gasteiger partial charge is 0.497 e. The molecule has 2 N–H and O–H groups in total. The van der Waals surface area contributed by atoms with Gasteiger partial charge in [0.05, 0.1) is 7.11 Å². The molecule has 1 aliphatic heterocycles. The Morgan fingerprint density at radius 3 is 2.86 bits per heavy atom. The zero-order chi connectivity index (χ0) is 19.3. The molecule has 0 amide bonds. The van der Waals surface area contributed by atoms with E-state index in [9.17, 15) is 5.11 Å². The number of aliphatic hydroxyl groups excluding tert-OH is 1. The zero-order valence-corrected chi connectivity index (χ0v) is 16.5. The van der Waals surface area contributed by atoms with E-state index in [0.29, 0.717) is 6.04 Å². The predicted octanol–water partition coefficient (Wildman–Crippen LogP) is 3.25. The fraction of sp³-hybridized carbons (Fsp3) is 0.391. The van der Waals surface area contributed by atoms with Gasteiger partial charge in [0.2, 0.25) is 0 Å². The molecule has 0 aliphatic carbocycles. The number of aliphatic hydroxyl groups is 1. The van der Waals surface area contributed by atoms with Crippen LogP contribution < -0.4 is 4.74 Å². The van der Waals surface area contributed by atoms with Crippen molar-refractivity contribution in [3.63, 3.8) is 0 Å². The molecule has 5 heteroatoms. The second kappa shape index (κ2) is 8.78. The van der Waals surface area contributed by atoms with Gasteiger partial charge in [0.15, 0.2) is 0 Å². The first-order valence-electron chi connectivity index (χ1n) is 10.0. The third kappa shape index (κ3) is 4.22. The van der Waals surface area contributed by atoms with Crippen LogP contribution in [0.4, 0.5) is 0 Å². The number of benzene rings is 2.